The molecule has 8 heteroatoms. The standard InChI is InChI=1S/C18H21ClN4O3/c1-26-6-5-20-18(25)16-10-15-9-14(11-23(15)22-16)21-17(24)8-12-3-2-4-13(19)7-12/h2-4,7,10,14H,5-6,8-9,11H2,1H3,(H,20,25)(H,21,24). The Labute approximate surface area is 156 Å². The number of aromatic nitrogens is 2. The number of hydrogen-bond acceptors (Lipinski definition) is 4. The molecule has 2 N–H and O–H groups in total. The lowest BCUT2D eigenvalue weighted by molar-refractivity contribution is -0.121. The molecule has 2 aromatic rings. The highest BCUT2D eigenvalue weighted by Gasteiger charge is 2.26. The van der Waals surface area contributed by atoms with Crippen molar-refractivity contribution in [1.82, 2.24) is 20.4 Å². The van der Waals surface area contributed by atoms with Crippen LogP contribution in [0.5, 0.6) is 0 Å². The fourth-order valence-corrected chi connectivity index (χ4v) is 3.19. The number of nitrogens with one attached hydrogen (secondary N) is 2. The summed E-state index contributed by atoms with van der Waals surface area (Å²) in [5, 5.41) is 10.7. The van der Waals surface area contributed by atoms with E-state index in [9.17, 15) is 9.59 Å². The minimum Gasteiger partial charge on any atom is -0.383 e. The third-order valence-corrected chi connectivity index (χ3v) is 4.39. The summed E-state index contributed by atoms with van der Waals surface area (Å²) in [6.45, 7) is 1.46. The van der Waals surface area contributed by atoms with E-state index in [1.807, 2.05) is 12.1 Å². The van der Waals surface area contributed by atoms with Gasteiger partial charge in [-0.15, -0.1) is 0 Å². The molecule has 0 spiro atoms. The minimum absolute atomic E-state index is 0.0187. The van der Waals surface area contributed by atoms with Crippen LogP contribution in [0.1, 0.15) is 21.7 Å². The first-order chi connectivity index (χ1) is 12.5. The predicted octanol–water partition coefficient (Wildman–Crippen LogP) is 1.20. The smallest absolute Gasteiger partial charge is 0.271 e. The van der Waals surface area contributed by atoms with Crippen molar-refractivity contribution in [2.45, 2.75) is 25.4 Å². The second kappa shape index (κ2) is 8.33. The first-order valence-electron chi connectivity index (χ1n) is 8.43. The zero-order valence-corrected chi connectivity index (χ0v) is 15.3. The van der Waals surface area contributed by atoms with E-state index < -0.39 is 0 Å². The van der Waals surface area contributed by atoms with Crippen molar-refractivity contribution in [2.24, 2.45) is 0 Å². The number of carbonyl (C=O) groups is 2. The number of fused-ring (bicyclic) bond motifs is 1. The molecule has 0 saturated carbocycles. The lowest BCUT2D eigenvalue weighted by Gasteiger charge is -2.12. The van der Waals surface area contributed by atoms with Gasteiger partial charge in [-0.25, -0.2) is 0 Å². The van der Waals surface area contributed by atoms with Crippen LogP contribution in [0.2, 0.25) is 5.02 Å². The fraction of sp³-hybridized carbons (Fsp3) is 0.389. The Hall–Kier alpha value is -2.38. The third-order valence-electron chi connectivity index (χ3n) is 4.16. The van der Waals surface area contributed by atoms with Crippen LogP contribution in [0.25, 0.3) is 0 Å². The van der Waals surface area contributed by atoms with Gasteiger partial charge < -0.3 is 15.4 Å². The van der Waals surface area contributed by atoms with Gasteiger partial charge in [0.25, 0.3) is 5.91 Å². The van der Waals surface area contributed by atoms with Crippen molar-refractivity contribution in [3.8, 4) is 0 Å². The summed E-state index contributed by atoms with van der Waals surface area (Å²) in [6, 6.07) is 9.02. The molecule has 2 amide bonds. The largest absolute Gasteiger partial charge is 0.383 e. The normalized spacial score (nSPS) is 15.5. The van der Waals surface area contributed by atoms with E-state index in [0.29, 0.717) is 36.8 Å². The van der Waals surface area contributed by atoms with Crippen molar-refractivity contribution in [3.05, 3.63) is 52.3 Å². The number of benzene rings is 1. The summed E-state index contributed by atoms with van der Waals surface area (Å²) < 4.78 is 6.67. The topological polar surface area (TPSA) is 85.2 Å². The first-order valence-corrected chi connectivity index (χ1v) is 8.80. The summed E-state index contributed by atoms with van der Waals surface area (Å²) in [5.74, 6) is -0.272. The lowest BCUT2D eigenvalue weighted by Crippen LogP contribution is -2.37. The third kappa shape index (κ3) is 4.62. The number of hydrogen-bond donors (Lipinski definition) is 2. The highest BCUT2D eigenvalue weighted by molar-refractivity contribution is 6.30. The van der Waals surface area contributed by atoms with Crippen molar-refractivity contribution in [1.29, 1.82) is 0 Å². The van der Waals surface area contributed by atoms with Crippen LogP contribution in [-0.2, 0) is 28.9 Å². The van der Waals surface area contributed by atoms with Gasteiger partial charge in [-0.2, -0.15) is 5.10 Å². The zero-order chi connectivity index (χ0) is 18.5. The van der Waals surface area contributed by atoms with Crippen molar-refractivity contribution in [3.63, 3.8) is 0 Å². The average molecular weight is 377 g/mol. The van der Waals surface area contributed by atoms with E-state index in [1.165, 1.54) is 0 Å². The number of ether oxygens (including phenoxy) is 1. The minimum atomic E-state index is -0.217. The summed E-state index contributed by atoms with van der Waals surface area (Å²) in [4.78, 5) is 24.2. The van der Waals surface area contributed by atoms with Gasteiger partial charge in [0.1, 0.15) is 5.69 Å². The monoisotopic (exact) mass is 376 g/mol. The van der Waals surface area contributed by atoms with Gasteiger partial charge in [-0.05, 0) is 23.8 Å². The van der Waals surface area contributed by atoms with Crippen LogP contribution >= 0.6 is 11.6 Å². The number of methoxy groups -OCH3 is 1. The van der Waals surface area contributed by atoms with Gasteiger partial charge in [0, 0.05) is 30.8 Å². The molecule has 3 rings (SSSR count). The van der Waals surface area contributed by atoms with Crippen LogP contribution in [0, 0.1) is 0 Å². The molecular weight excluding hydrogens is 356 g/mol. The van der Waals surface area contributed by atoms with Gasteiger partial charge in [0.05, 0.1) is 25.6 Å². The molecule has 138 valence electrons. The van der Waals surface area contributed by atoms with E-state index in [-0.39, 0.29) is 24.3 Å². The number of amides is 2. The molecule has 0 aliphatic carbocycles. The molecule has 1 aliphatic rings. The van der Waals surface area contributed by atoms with Crippen LogP contribution in [0.4, 0.5) is 0 Å². The Morgan fingerprint density at radius 2 is 2.23 bits per heavy atom. The maximum absolute atomic E-state index is 12.2. The highest BCUT2D eigenvalue weighted by atomic mass is 35.5. The maximum Gasteiger partial charge on any atom is 0.271 e. The van der Waals surface area contributed by atoms with Crippen molar-refractivity contribution >= 4 is 23.4 Å². The molecule has 0 radical (unpaired) electrons. The number of carbonyl (C=O) groups excluding carboxylic acids is 2. The Morgan fingerprint density at radius 1 is 1.38 bits per heavy atom. The lowest BCUT2D eigenvalue weighted by atomic mass is 10.1. The second-order valence-corrected chi connectivity index (χ2v) is 6.66. The average Bonchev–Trinajstić information content (AvgIpc) is 3.13. The van der Waals surface area contributed by atoms with Crippen molar-refractivity contribution in [2.75, 3.05) is 20.3 Å². The summed E-state index contributed by atoms with van der Waals surface area (Å²) in [7, 11) is 1.58. The number of rotatable bonds is 7. The Balaban J connectivity index is 1.50. The van der Waals surface area contributed by atoms with Gasteiger partial charge >= 0.3 is 0 Å². The van der Waals surface area contributed by atoms with Gasteiger partial charge in [-0.3, -0.25) is 14.3 Å². The van der Waals surface area contributed by atoms with Crippen LogP contribution in [-0.4, -0.2) is 47.9 Å². The van der Waals surface area contributed by atoms with E-state index >= 15 is 0 Å². The van der Waals surface area contributed by atoms with Crippen LogP contribution < -0.4 is 10.6 Å². The molecule has 1 atom stereocenters. The number of nitrogens with zero attached hydrogens (tertiary/aromatic N) is 2. The molecule has 0 bridgehead atoms. The van der Waals surface area contributed by atoms with E-state index in [0.717, 1.165) is 11.3 Å². The van der Waals surface area contributed by atoms with E-state index in [4.69, 9.17) is 16.3 Å². The van der Waals surface area contributed by atoms with Gasteiger partial charge in [0.15, 0.2) is 0 Å². The maximum atomic E-state index is 12.2. The molecule has 1 aromatic heterocycles. The second-order valence-electron chi connectivity index (χ2n) is 6.23. The Bertz CT molecular complexity index is 782. The SMILES string of the molecule is COCCNC(=O)c1cc2n(n1)CC(NC(=O)Cc1cccc(Cl)c1)C2. The van der Waals surface area contributed by atoms with Gasteiger partial charge in [-0.1, -0.05) is 23.7 Å². The summed E-state index contributed by atoms with van der Waals surface area (Å²) in [5.41, 5.74) is 2.20. The van der Waals surface area contributed by atoms with E-state index in [1.54, 1.807) is 30.0 Å². The van der Waals surface area contributed by atoms with Crippen molar-refractivity contribution < 1.29 is 14.3 Å². The number of halogens is 1. The molecule has 1 aliphatic heterocycles. The fourth-order valence-electron chi connectivity index (χ4n) is 2.98. The predicted molar refractivity (Wildman–Crippen MR) is 97.2 cm³/mol. The zero-order valence-electron chi connectivity index (χ0n) is 14.5. The van der Waals surface area contributed by atoms with Crippen LogP contribution in [0.15, 0.2) is 30.3 Å². The summed E-state index contributed by atoms with van der Waals surface area (Å²) in [6.07, 6.45) is 0.937. The summed E-state index contributed by atoms with van der Waals surface area (Å²) >= 11 is 5.94. The van der Waals surface area contributed by atoms with Crippen LogP contribution in [0.3, 0.4) is 0 Å². The molecule has 1 aromatic carbocycles. The first kappa shape index (κ1) is 18.4. The molecule has 2 heterocycles. The highest BCUT2D eigenvalue weighted by Crippen LogP contribution is 2.17. The van der Waals surface area contributed by atoms with E-state index in [2.05, 4.69) is 15.7 Å². The molecule has 7 nitrogen and oxygen atoms in total. The quantitative estimate of drug-likeness (QED) is 0.711. The molecule has 0 fully saturated rings. The molecule has 0 saturated heterocycles. The van der Waals surface area contributed by atoms with Gasteiger partial charge in [0.2, 0.25) is 5.91 Å². The Morgan fingerprint density at radius 3 is 2.96 bits per heavy atom. The molecule has 1 unspecified atom stereocenters. The molecule has 26 heavy (non-hydrogen) atoms. The Kier molecular flexibility index (Phi) is 5.90. The molecular formula is C18H21ClN4O3.